The van der Waals surface area contributed by atoms with Gasteiger partial charge in [-0.3, -0.25) is 19.7 Å². The summed E-state index contributed by atoms with van der Waals surface area (Å²) in [5.74, 6) is -0.734. The number of fused-ring (bicyclic) bond motifs is 1. The zero-order chi connectivity index (χ0) is 20.0. The minimum Gasteiger partial charge on any atom is -0.322 e. The van der Waals surface area contributed by atoms with Crippen LogP contribution in [0.25, 0.3) is 0 Å². The molecule has 1 aromatic carbocycles. The van der Waals surface area contributed by atoms with Crippen molar-refractivity contribution in [3.8, 4) is 0 Å². The van der Waals surface area contributed by atoms with Crippen LogP contribution in [-0.2, 0) is 22.7 Å². The van der Waals surface area contributed by atoms with E-state index in [0.29, 0.717) is 30.1 Å². The van der Waals surface area contributed by atoms with E-state index in [-0.39, 0.29) is 24.1 Å². The number of amides is 3. The number of carbonyl (C=O) groups excluding carboxylic acids is 3. The third-order valence-corrected chi connectivity index (χ3v) is 7.10. The minimum absolute atomic E-state index is 0.110. The summed E-state index contributed by atoms with van der Waals surface area (Å²) in [5.41, 5.74) is 3.15. The third-order valence-electron chi connectivity index (χ3n) is 7.10. The highest BCUT2D eigenvalue weighted by Gasteiger charge is 2.42. The van der Waals surface area contributed by atoms with Gasteiger partial charge in [-0.05, 0) is 55.7 Å². The standard InChI is InChI=1S/C22H28N4O3/c27-19-5-4-18(20(28)24-19)26-13-15-3-2-14(10-17(15)21(26)29)11-23-12-16-6-9-22(25-16)7-1-8-22/h2-3,10,16,18,23,25H,1,4-9,11-13H2,(H,24,27,28). The Kier molecular flexibility index (Phi) is 4.67. The summed E-state index contributed by atoms with van der Waals surface area (Å²) in [7, 11) is 0. The van der Waals surface area contributed by atoms with Gasteiger partial charge in [0.25, 0.3) is 5.91 Å². The van der Waals surface area contributed by atoms with E-state index in [9.17, 15) is 14.4 Å². The normalized spacial score (nSPS) is 27.9. The molecule has 3 aliphatic heterocycles. The van der Waals surface area contributed by atoms with Crippen LogP contribution in [-0.4, -0.2) is 46.8 Å². The van der Waals surface area contributed by atoms with Crippen molar-refractivity contribution in [2.24, 2.45) is 0 Å². The van der Waals surface area contributed by atoms with Gasteiger partial charge in [-0.15, -0.1) is 0 Å². The maximum atomic E-state index is 12.9. The Morgan fingerprint density at radius 1 is 1.14 bits per heavy atom. The van der Waals surface area contributed by atoms with Crippen LogP contribution >= 0.6 is 0 Å². The highest BCUT2D eigenvalue weighted by atomic mass is 16.2. The summed E-state index contributed by atoms with van der Waals surface area (Å²) in [5, 5.41) is 9.68. The Morgan fingerprint density at radius 2 is 2.00 bits per heavy atom. The molecule has 0 aromatic heterocycles. The Labute approximate surface area is 170 Å². The predicted molar refractivity (Wildman–Crippen MR) is 107 cm³/mol. The van der Waals surface area contributed by atoms with Crippen LogP contribution in [0.2, 0.25) is 0 Å². The Morgan fingerprint density at radius 3 is 2.72 bits per heavy atom. The van der Waals surface area contributed by atoms with Crippen molar-refractivity contribution in [1.29, 1.82) is 0 Å². The molecule has 154 valence electrons. The maximum Gasteiger partial charge on any atom is 0.255 e. The van der Waals surface area contributed by atoms with Crippen molar-refractivity contribution in [1.82, 2.24) is 20.9 Å². The van der Waals surface area contributed by atoms with E-state index in [1.165, 1.54) is 32.1 Å². The van der Waals surface area contributed by atoms with Gasteiger partial charge in [0.1, 0.15) is 6.04 Å². The molecule has 29 heavy (non-hydrogen) atoms. The fraction of sp³-hybridized carbons (Fsp3) is 0.591. The van der Waals surface area contributed by atoms with Gasteiger partial charge in [-0.2, -0.15) is 0 Å². The molecule has 2 unspecified atom stereocenters. The molecule has 3 amide bonds. The smallest absolute Gasteiger partial charge is 0.255 e. The molecule has 3 N–H and O–H groups in total. The number of hydrogen-bond donors (Lipinski definition) is 3. The van der Waals surface area contributed by atoms with E-state index in [1.807, 2.05) is 12.1 Å². The quantitative estimate of drug-likeness (QED) is 0.651. The van der Waals surface area contributed by atoms with E-state index >= 15 is 0 Å². The van der Waals surface area contributed by atoms with Gasteiger partial charge >= 0.3 is 0 Å². The molecule has 3 fully saturated rings. The number of rotatable bonds is 5. The monoisotopic (exact) mass is 396 g/mol. The van der Waals surface area contributed by atoms with Crippen LogP contribution in [0.5, 0.6) is 0 Å². The molecule has 1 aromatic rings. The van der Waals surface area contributed by atoms with Crippen LogP contribution in [0.3, 0.4) is 0 Å². The summed E-state index contributed by atoms with van der Waals surface area (Å²) in [4.78, 5) is 38.0. The average molecular weight is 396 g/mol. The number of nitrogens with one attached hydrogen (secondary N) is 3. The molecule has 5 rings (SSSR count). The summed E-state index contributed by atoms with van der Waals surface area (Å²) in [6, 6.07) is 5.98. The number of hydrogen-bond acceptors (Lipinski definition) is 5. The van der Waals surface area contributed by atoms with Crippen LogP contribution in [0.15, 0.2) is 18.2 Å². The summed E-state index contributed by atoms with van der Waals surface area (Å²) in [6.07, 6.45) is 7.20. The first-order valence-corrected chi connectivity index (χ1v) is 10.8. The Balaban J connectivity index is 1.18. The molecule has 0 radical (unpaired) electrons. The molecular formula is C22H28N4O3. The van der Waals surface area contributed by atoms with E-state index in [1.54, 1.807) is 4.90 Å². The average Bonchev–Trinajstić information content (AvgIpc) is 3.24. The molecule has 1 saturated carbocycles. The molecule has 1 spiro atoms. The number of carbonyl (C=O) groups is 3. The molecule has 2 atom stereocenters. The first-order valence-electron chi connectivity index (χ1n) is 10.8. The second kappa shape index (κ2) is 7.22. The van der Waals surface area contributed by atoms with Crippen LogP contribution in [0.1, 0.15) is 66.4 Å². The number of benzene rings is 1. The van der Waals surface area contributed by atoms with Gasteiger partial charge in [-0.1, -0.05) is 12.1 Å². The summed E-state index contributed by atoms with van der Waals surface area (Å²) < 4.78 is 0. The largest absolute Gasteiger partial charge is 0.322 e. The van der Waals surface area contributed by atoms with Gasteiger partial charge in [0.2, 0.25) is 11.8 Å². The second-order valence-electron chi connectivity index (χ2n) is 9.04. The highest BCUT2D eigenvalue weighted by molar-refractivity contribution is 6.05. The lowest BCUT2D eigenvalue weighted by atomic mass is 9.76. The third kappa shape index (κ3) is 3.46. The molecular weight excluding hydrogens is 368 g/mol. The van der Waals surface area contributed by atoms with Gasteiger partial charge < -0.3 is 15.5 Å². The lowest BCUT2D eigenvalue weighted by molar-refractivity contribution is -0.136. The zero-order valence-corrected chi connectivity index (χ0v) is 16.6. The second-order valence-corrected chi connectivity index (χ2v) is 9.04. The molecule has 7 heteroatoms. The van der Waals surface area contributed by atoms with Crippen molar-refractivity contribution in [2.75, 3.05) is 6.54 Å². The van der Waals surface area contributed by atoms with Crippen molar-refractivity contribution in [3.63, 3.8) is 0 Å². The summed E-state index contributed by atoms with van der Waals surface area (Å²) >= 11 is 0. The van der Waals surface area contributed by atoms with Crippen molar-refractivity contribution < 1.29 is 14.4 Å². The minimum atomic E-state index is -0.554. The first kappa shape index (κ1) is 18.8. The van der Waals surface area contributed by atoms with Crippen LogP contribution in [0, 0.1) is 0 Å². The zero-order valence-electron chi connectivity index (χ0n) is 16.6. The van der Waals surface area contributed by atoms with Gasteiger partial charge in [0.15, 0.2) is 0 Å². The number of nitrogens with zero attached hydrogens (tertiary/aromatic N) is 1. The predicted octanol–water partition coefficient (Wildman–Crippen LogP) is 1.21. The molecule has 2 saturated heterocycles. The highest BCUT2D eigenvalue weighted by Crippen LogP contribution is 2.40. The van der Waals surface area contributed by atoms with E-state index in [2.05, 4.69) is 22.0 Å². The topological polar surface area (TPSA) is 90.5 Å². The summed E-state index contributed by atoms with van der Waals surface area (Å²) in [6.45, 7) is 2.10. The first-order chi connectivity index (χ1) is 14.0. The van der Waals surface area contributed by atoms with Gasteiger partial charge in [-0.25, -0.2) is 0 Å². The van der Waals surface area contributed by atoms with E-state index < -0.39 is 6.04 Å². The van der Waals surface area contributed by atoms with Crippen molar-refractivity contribution >= 4 is 17.7 Å². The Hall–Kier alpha value is -2.25. The van der Waals surface area contributed by atoms with E-state index in [4.69, 9.17) is 0 Å². The molecule has 3 heterocycles. The van der Waals surface area contributed by atoms with Gasteiger partial charge in [0, 0.05) is 43.2 Å². The molecule has 0 bridgehead atoms. The van der Waals surface area contributed by atoms with Crippen LogP contribution < -0.4 is 16.0 Å². The maximum absolute atomic E-state index is 12.9. The number of piperidine rings is 1. The fourth-order valence-corrected chi connectivity index (χ4v) is 5.28. The van der Waals surface area contributed by atoms with Crippen LogP contribution in [0.4, 0.5) is 0 Å². The van der Waals surface area contributed by atoms with E-state index in [0.717, 1.165) is 24.2 Å². The molecule has 1 aliphatic carbocycles. The van der Waals surface area contributed by atoms with Crippen molar-refractivity contribution in [3.05, 3.63) is 34.9 Å². The molecule has 4 aliphatic rings. The SMILES string of the molecule is O=C1CCC(N2Cc3ccc(CNCC4CCC5(CCC5)N4)cc3C2=O)C(=O)N1. The lowest BCUT2D eigenvalue weighted by Gasteiger charge is -2.39. The fourth-order valence-electron chi connectivity index (χ4n) is 5.28. The van der Waals surface area contributed by atoms with Gasteiger partial charge in [0.05, 0.1) is 0 Å². The lowest BCUT2D eigenvalue weighted by Crippen LogP contribution is -2.52. The van der Waals surface area contributed by atoms with Crippen molar-refractivity contribution in [2.45, 2.75) is 75.7 Å². The Bertz CT molecular complexity index is 864. The molecule has 7 nitrogen and oxygen atoms in total. The number of imide groups is 1.